The number of carbonyl (C=O) groups is 1. The Hall–Kier alpha value is -1.20. The van der Waals surface area contributed by atoms with Gasteiger partial charge in [0.15, 0.2) is 6.29 Å². The lowest BCUT2D eigenvalue weighted by Crippen LogP contribution is -1.90. The van der Waals surface area contributed by atoms with Crippen molar-refractivity contribution in [3.8, 4) is 0 Å². The Labute approximate surface area is 112 Å². The average molecular weight is 309 g/mol. The molecule has 0 amide bonds. The van der Waals surface area contributed by atoms with Crippen LogP contribution in [-0.2, 0) is 0 Å². The van der Waals surface area contributed by atoms with Crippen molar-refractivity contribution < 1.29 is 4.79 Å². The van der Waals surface area contributed by atoms with Crippen molar-refractivity contribution in [1.82, 2.24) is 9.97 Å². The van der Waals surface area contributed by atoms with Gasteiger partial charge in [-0.15, -0.1) is 0 Å². The van der Waals surface area contributed by atoms with Crippen LogP contribution in [0.25, 0.3) is 0 Å². The molecule has 2 heterocycles. The van der Waals surface area contributed by atoms with E-state index in [4.69, 9.17) is 0 Å². The van der Waals surface area contributed by atoms with Crippen LogP contribution in [0.2, 0.25) is 0 Å². The fourth-order valence-electron chi connectivity index (χ4n) is 1.28. The molecule has 0 bridgehead atoms. The van der Waals surface area contributed by atoms with E-state index in [9.17, 15) is 4.79 Å². The van der Waals surface area contributed by atoms with Gasteiger partial charge in [0.2, 0.25) is 0 Å². The fraction of sp³-hybridized carbons (Fsp3) is 0.0833. The molecular weight excluding hydrogens is 300 g/mol. The van der Waals surface area contributed by atoms with Gasteiger partial charge in [0.1, 0.15) is 10.1 Å². The number of carbonyl (C=O) groups excluding carboxylic acids is 1. The molecule has 0 saturated heterocycles. The van der Waals surface area contributed by atoms with Gasteiger partial charge in [0, 0.05) is 22.4 Å². The maximum Gasteiger partial charge on any atom is 0.151 e. The first kappa shape index (κ1) is 12.3. The third-order valence-corrected chi connectivity index (χ3v) is 3.63. The van der Waals surface area contributed by atoms with E-state index in [0.717, 1.165) is 26.4 Å². The number of pyridine rings is 2. The van der Waals surface area contributed by atoms with E-state index in [-0.39, 0.29) is 0 Å². The van der Waals surface area contributed by atoms with Gasteiger partial charge in [-0.1, -0.05) is 0 Å². The molecule has 0 aliphatic carbocycles. The van der Waals surface area contributed by atoms with Gasteiger partial charge in [-0.25, -0.2) is 9.97 Å². The minimum Gasteiger partial charge on any atom is -0.298 e. The molecule has 0 radical (unpaired) electrons. The predicted octanol–water partition coefficient (Wildman–Crippen LogP) is 3.51. The summed E-state index contributed by atoms with van der Waals surface area (Å²) >= 11 is 4.82. The second-order valence-corrected chi connectivity index (χ2v) is 5.35. The first-order chi connectivity index (χ1) is 8.19. The van der Waals surface area contributed by atoms with Crippen molar-refractivity contribution in [1.29, 1.82) is 0 Å². The third-order valence-electron chi connectivity index (χ3n) is 2.09. The second-order valence-electron chi connectivity index (χ2n) is 3.43. The van der Waals surface area contributed by atoms with Gasteiger partial charge in [0.05, 0.1) is 0 Å². The smallest absolute Gasteiger partial charge is 0.151 e. The molecular formula is C12H9BrN2OS. The lowest BCUT2D eigenvalue weighted by Gasteiger charge is -2.04. The highest BCUT2D eigenvalue weighted by molar-refractivity contribution is 9.10. The molecule has 0 fully saturated rings. The molecule has 0 saturated carbocycles. The highest BCUT2D eigenvalue weighted by Crippen LogP contribution is 2.27. The monoisotopic (exact) mass is 308 g/mol. The number of aryl methyl sites for hydroxylation is 1. The summed E-state index contributed by atoms with van der Waals surface area (Å²) in [6.07, 6.45) is 4.12. The number of rotatable bonds is 3. The van der Waals surface area contributed by atoms with Gasteiger partial charge in [-0.2, -0.15) is 0 Å². The van der Waals surface area contributed by atoms with E-state index < -0.39 is 0 Å². The Kier molecular flexibility index (Phi) is 3.91. The highest BCUT2D eigenvalue weighted by Gasteiger charge is 2.05. The number of aromatic nitrogens is 2. The molecule has 86 valence electrons. The summed E-state index contributed by atoms with van der Waals surface area (Å²) in [7, 11) is 0. The zero-order valence-electron chi connectivity index (χ0n) is 9.05. The summed E-state index contributed by atoms with van der Waals surface area (Å²) in [5.41, 5.74) is 1.57. The number of hydrogen-bond acceptors (Lipinski definition) is 4. The summed E-state index contributed by atoms with van der Waals surface area (Å²) < 4.78 is 0.947. The molecule has 0 aliphatic rings. The van der Waals surface area contributed by atoms with Crippen LogP contribution >= 0.6 is 27.7 Å². The van der Waals surface area contributed by atoms with E-state index in [1.807, 2.05) is 25.1 Å². The van der Waals surface area contributed by atoms with Crippen LogP contribution < -0.4 is 0 Å². The molecule has 5 heteroatoms. The zero-order chi connectivity index (χ0) is 12.3. The summed E-state index contributed by atoms with van der Waals surface area (Å²) in [6, 6.07) is 5.68. The maximum absolute atomic E-state index is 10.6. The van der Waals surface area contributed by atoms with Gasteiger partial charge < -0.3 is 0 Å². The SMILES string of the molecule is Cc1cc(C=O)cnc1Sc1ccc(Br)cn1. The van der Waals surface area contributed by atoms with E-state index in [2.05, 4.69) is 25.9 Å². The molecule has 0 spiro atoms. The molecule has 2 aromatic heterocycles. The molecule has 0 aliphatic heterocycles. The van der Waals surface area contributed by atoms with Gasteiger partial charge in [0.25, 0.3) is 0 Å². The lowest BCUT2D eigenvalue weighted by atomic mass is 10.2. The van der Waals surface area contributed by atoms with E-state index in [1.165, 1.54) is 11.8 Å². The van der Waals surface area contributed by atoms with Crippen molar-refractivity contribution in [2.75, 3.05) is 0 Å². The normalized spacial score (nSPS) is 10.2. The molecule has 3 nitrogen and oxygen atoms in total. The third kappa shape index (κ3) is 3.14. The first-order valence-electron chi connectivity index (χ1n) is 4.90. The average Bonchev–Trinajstić information content (AvgIpc) is 2.34. The zero-order valence-corrected chi connectivity index (χ0v) is 11.5. The van der Waals surface area contributed by atoms with E-state index >= 15 is 0 Å². The van der Waals surface area contributed by atoms with Gasteiger partial charge >= 0.3 is 0 Å². The van der Waals surface area contributed by atoms with Crippen LogP contribution in [0.3, 0.4) is 0 Å². The Balaban J connectivity index is 2.24. The quantitative estimate of drug-likeness (QED) is 0.814. The van der Waals surface area contributed by atoms with Crippen molar-refractivity contribution in [2.24, 2.45) is 0 Å². The highest BCUT2D eigenvalue weighted by atomic mass is 79.9. The van der Waals surface area contributed by atoms with Crippen molar-refractivity contribution >= 4 is 34.0 Å². The standard InChI is InChI=1S/C12H9BrN2OS/c1-8-4-9(7-16)5-15-12(8)17-11-3-2-10(13)6-14-11/h2-7H,1H3. The van der Waals surface area contributed by atoms with Crippen LogP contribution in [0.1, 0.15) is 15.9 Å². The van der Waals surface area contributed by atoms with Crippen molar-refractivity contribution in [3.05, 3.63) is 46.2 Å². The van der Waals surface area contributed by atoms with Crippen LogP contribution in [0.15, 0.2) is 45.1 Å². The lowest BCUT2D eigenvalue weighted by molar-refractivity contribution is 0.112. The molecule has 2 rings (SSSR count). The minimum absolute atomic E-state index is 0.593. The largest absolute Gasteiger partial charge is 0.298 e. The van der Waals surface area contributed by atoms with E-state index in [0.29, 0.717) is 5.56 Å². The van der Waals surface area contributed by atoms with E-state index in [1.54, 1.807) is 12.4 Å². The summed E-state index contributed by atoms with van der Waals surface area (Å²) in [5.74, 6) is 0. The Morgan fingerprint density at radius 2 is 2.12 bits per heavy atom. The first-order valence-corrected chi connectivity index (χ1v) is 6.51. The number of hydrogen-bond donors (Lipinski definition) is 0. The van der Waals surface area contributed by atoms with Gasteiger partial charge in [-0.3, -0.25) is 4.79 Å². The van der Waals surface area contributed by atoms with Crippen LogP contribution in [0.4, 0.5) is 0 Å². The van der Waals surface area contributed by atoms with Crippen molar-refractivity contribution in [3.63, 3.8) is 0 Å². The molecule has 0 aromatic carbocycles. The number of aldehydes is 1. The van der Waals surface area contributed by atoms with Crippen LogP contribution in [-0.4, -0.2) is 16.3 Å². The summed E-state index contributed by atoms with van der Waals surface area (Å²) in [4.78, 5) is 19.1. The Morgan fingerprint density at radius 1 is 1.29 bits per heavy atom. The molecule has 17 heavy (non-hydrogen) atoms. The predicted molar refractivity (Wildman–Crippen MR) is 70.4 cm³/mol. The molecule has 0 unspecified atom stereocenters. The summed E-state index contributed by atoms with van der Waals surface area (Å²) in [6.45, 7) is 1.93. The minimum atomic E-state index is 0.593. The number of halogens is 1. The van der Waals surface area contributed by atoms with Crippen molar-refractivity contribution in [2.45, 2.75) is 17.0 Å². The molecule has 0 N–H and O–H groups in total. The summed E-state index contributed by atoms with van der Waals surface area (Å²) in [5, 5.41) is 1.74. The van der Waals surface area contributed by atoms with Crippen LogP contribution in [0.5, 0.6) is 0 Å². The van der Waals surface area contributed by atoms with Crippen LogP contribution in [0, 0.1) is 6.92 Å². The Bertz CT molecular complexity index is 543. The second kappa shape index (κ2) is 5.42. The maximum atomic E-state index is 10.6. The molecule has 0 atom stereocenters. The molecule has 2 aromatic rings. The fourth-order valence-corrected chi connectivity index (χ4v) is 2.28. The topological polar surface area (TPSA) is 42.9 Å². The number of nitrogens with zero attached hydrogens (tertiary/aromatic N) is 2. The Morgan fingerprint density at radius 3 is 2.71 bits per heavy atom. The van der Waals surface area contributed by atoms with Gasteiger partial charge in [-0.05, 0) is 58.4 Å².